The van der Waals surface area contributed by atoms with Crippen molar-refractivity contribution in [2.24, 2.45) is 0 Å². The summed E-state index contributed by atoms with van der Waals surface area (Å²) in [7, 11) is 0. The van der Waals surface area contributed by atoms with Crippen molar-refractivity contribution in [2.75, 3.05) is 0 Å². The quantitative estimate of drug-likeness (QED) is 0.0413. The van der Waals surface area contributed by atoms with E-state index in [0.717, 1.165) is 0 Å². The van der Waals surface area contributed by atoms with Gasteiger partial charge in [-0.15, -0.1) is 0 Å². The zero-order valence-corrected chi connectivity index (χ0v) is 45.3. The normalized spacial score (nSPS) is 11.4. The molecule has 9 aromatic carbocycles. The van der Waals surface area contributed by atoms with Crippen LogP contribution in [0.2, 0.25) is 0 Å². The zero-order chi connectivity index (χ0) is 55.4. The Balaban J connectivity index is 1.44. The summed E-state index contributed by atoms with van der Waals surface area (Å²) >= 11 is -6.96. The Labute approximate surface area is 463 Å². The van der Waals surface area contributed by atoms with Crippen LogP contribution in [-0.4, -0.2) is 91.6 Å². The van der Waals surface area contributed by atoms with Crippen molar-refractivity contribution in [1.29, 1.82) is 0 Å². The van der Waals surface area contributed by atoms with E-state index < -0.39 is 91.6 Å². The van der Waals surface area contributed by atoms with E-state index in [1.165, 1.54) is 218 Å². The minimum atomic E-state index is -6.96. The van der Waals surface area contributed by atoms with Crippen molar-refractivity contribution in [3.63, 3.8) is 0 Å². The van der Waals surface area contributed by atoms with Gasteiger partial charge in [0.05, 0.1) is 0 Å². The average Bonchev–Trinajstić information content (AvgIpc) is 3.71. The summed E-state index contributed by atoms with van der Waals surface area (Å²) in [6.07, 6.45) is 0. The third-order valence-corrected chi connectivity index (χ3v) is 17.7. The molecule has 0 aliphatic rings. The molecule has 0 radical (unpaired) electrons. The number of ketones is 9. The van der Waals surface area contributed by atoms with Gasteiger partial charge in [-0.2, -0.15) is 0 Å². The van der Waals surface area contributed by atoms with Crippen molar-refractivity contribution >= 4 is 74.8 Å². The molecule has 0 bridgehead atoms. The van der Waals surface area contributed by atoms with Crippen LogP contribution in [0.25, 0.3) is 0 Å². The molecule has 0 saturated carbocycles. The molecule has 79 heavy (non-hydrogen) atoms. The number of hydrogen-bond acceptors (Lipinski definition) is 12. The summed E-state index contributed by atoms with van der Waals surface area (Å²) in [5.74, 6) is -11.9. The molecule has 0 heterocycles. The van der Waals surface area contributed by atoms with E-state index in [0.29, 0.717) is 0 Å². The molecule has 0 unspecified atom stereocenters. The Morgan fingerprint density at radius 2 is 0.291 bits per heavy atom. The summed E-state index contributed by atoms with van der Waals surface area (Å²) in [4.78, 5) is 144. The molecule has 0 saturated heterocycles. The van der Waals surface area contributed by atoms with Crippen molar-refractivity contribution in [1.82, 2.24) is 0 Å². The molecular formula is C66H45InO12. The number of hydrogen-bond donors (Lipinski definition) is 0. The van der Waals surface area contributed by atoms with Crippen LogP contribution in [0.1, 0.15) is 93.2 Å². The minimum absolute atomic E-state index is 0.277. The third-order valence-electron chi connectivity index (χ3n) is 13.0. The van der Waals surface area contributed by atoms with Gasteiger partial charge in [-0.25, -0.2) is 0 Å². The SMILES string of the molecule is O=C(c1ccccc1)C([O][In]([O]C(C(=O)c1ccccc1)(C(=O)c1ccccc1)C(=O)c1ccccc1)[O]C(C(=O)c1ccccc1)(C(=O)c1ccccc1)C(=O)c1ccccc1)(C(=O)c1ccccc1)C(=O)c1ccccc1. The molecular weight excluding hydrogens is 1100 g/mol. The fourth-order valence-corrected chi connectivity index (χ4v) is 14.7. The molecule has 0 aliphatic heterocycles. The standard InChI is InChI=1S/3C22H15O4.In/c3*23-19(16-10-4-1-5-11-16)22(26,20(24)17-12-6-2-7-13-17)21(25)18-14-8-3-9-15-18;/h3*1-15H;/q3*-1;+3. The molecule has 9 aromatic rings. The van der Waals surface area contributed by atoms with Crippen LogP contribution in [0, 0.1) is 0 Å². The van der Waals surface area contributed by atoms with Crippen molar-refractivity contribution < 1.29 is 51.7 Å². The molecule has 0 aliphatic carbocycles. The van der Waals surface area contributed by atoms with E-state index in [4.69, 9.17) is 8.56 Å². The fraction of sp³-hybridized carbons (Fsp3) is 0.0455. The number of carbonyl (C=O) groups excluding carboxylic acids is 9. The van der Waals surface area contributed by atoms with Crippen LogP contribution in [-0.2, 0) is 8.56 Å². The van der Waals surface area contributed by atoms with Gasteiger partial charge in [-0.3, -0.25) is 0 Å². The van der Waals surface area contributed by atoms with Gasteiger partial charge in [-0.1, -0.05) is 0 Å². The average molecular weight is 1140 g/mol. The molecule has 12 nitrogen and oxygen atoms in total. The van der Waals surface area contributed by atoms with E-state index in [1.54, 1.807) is 54.6 Å². The maximum absolute atomic E-state index is 16.0. The molecule has 9 rings (SSSR count). The second-order valence-electron chi connectivity index (χ2n) is 17.9. The van der Waals surface area contributed by atoms with Gasteiger partial charge in [0.25, 0.3) is 0 Å². The van der Waals surface area contributed by atoms with E-state index >= 15 is 43.2 Å². The van der Waals surface area contributed by atoms with Crippen LogP contribution in [0.3, 0.4) is 0 Å². The van der Waals surface area contributed by atoms with Gasteiger partial charge < -0.3 is 0 Å². The fourth-order valence-electron chi connectivity index (χ4n) is 9.05. The predicted molar refractivity (Wildman–Crippen MR) is 294 cm³/mol. The van der Waals surface area contributed by atoms with Gasteiger partial charge >= 0.3 is 466 Å². The zero-order valence-electron chi connectivity index (χ0n) is 42.0. The molecule has 0 atom stereocenters. The van der Waals surface area contributed by atoms with Gasteiger partial charge in [-0.05, 0) is 0 Å². The second-order valence-corrected chi connectivity index (χ2v) is 21.6. The number of carbonyl (C=O) groups is 9. The van der Waals surface area contributed by atoms with Crippen LogP contribution >= 0.6 is 0 Å². The van der Waals surface area contributed by atoms with E-state index in [1.807, 2.05) is 0 Å². The van der Waals surface area contributed by atoms with Crippen molar-refractivity contribution in [3.05, 3.63) is 323 Å². The van der Waals surface area contributed by atoms with Gasteiger partial charge in [0.15, 0.2) is 0 Å². The molecule has 0 amide bonds. The maximum atomic E-state index is 16.0. The van der Waals surface area contributed by atoms with E-state index in [9.17, 15) is 0 Å². The Bertz CT molecular complexity index is 2910. The van der Waals surface area contributed by atoms with Crippen molar-refractivity contribution in [2.45, 2.75) is 16.8 Å². The summed E-state index contributed by atoms with van der Waals surface area (Å²) < 4.78 is 21.1. The Morgan fingerprint density at radius 3 is 0.392 bits per heavy atom. The van der Waals surface area contributed by atoms with Crippen LogP contribution in [0.15, 0.2) is 273 Å². The summed E-state index contributed by atoms with van der Waals surface area (Å²) in [5.41, 5.74) is -13.1. The van der Waals surface area contributed by atoms with E-state index in [-0.39, 0.29) is 50.1 Å². The predicted octanol–water partition coefficient (Wildman–Crippen LogP) is 11.2. The number of rotatable bonds is 24. The van der Waals surface area contributed by atoms with Gasteiger partial charge in [0.2, 0.25) is 0 Å². The summed E-state index contributed by atoms with van der Waals surface area (Å²) in [6.45, 7) is 0. The Morgan fingerprint density at radius 1 is 0.190 bits per heavy atom. The van der Waals surface area contributed by atoms with Crippen LogP contribution in [0.4, 0.5) is 0 Å². The molecule has 0 aromatic heterocycles. The first-order valence-corrected chi connectivity index (χ1v) is 28.9. The Kier molecular flexibility index (Phi) is 16.8. The van der Waals surface area contributed by atoms with E-state index in [2.05, 4.69) is 0 Å². The first-order valence-electron chi connectivity index (χ1n) is 24.9. The number of benzene rings is 9. The first kappa shape index (κ1) is 54.5. The third kappa shape index (κ3) is 10.9. The van der Waals surface area contributed by atoms with Crippen molar-refractivity contribution in [3.8, 4) is 0 Å². The topological polar surface area (TPSA) is 181 Å². The molecule has 384 valence electrons. The molecule has 13 heteroatoms. The first-order chi connectivity index (χ1) is 38.4. The van der Waals surface area contributed by atoms with Crippen LogP contribution in [0.5, 0.6) is 0 Å². The summed E-state index contributed by atoms with van der Waals surface area (Å²) in [6, 6.07) is 64.2. The van der Waals surface area contributed by atoms with Gasteiger partial charge in [0, 0.05) is 0 Å². The molecule has 0 spiro atoms. The number of Topliss-reactive ketones (excluding diaryl/α,β-unsaturated/α-hetero) is 9. The molecule has 0 N–H and O–H groups in total. The summed E-state index contributed by atoms with van der Waals surface area (Å²) in [5, 5.41) is 0. The second kappa shape index (κ2) is 24.4. The van der Waals surface area contributed by atoms with Gasteiger partial charge in [0.1, 0.15) is 0 Å². The Hall–Kier alpha value is -9.24. The van der Waals surface area contributed by atoms with Crippen LogP contribution < -0.4 is 0 Å². The molecule has 0 fully saturated rings. The monoisotopic (exact) mass is 1140 g/mol.